The maximum Gasteiger partial charge on any atom is 0.214 e. The Morgan fingerprint density at radius 1 is 1.26 bits per heavy atom. The number of fused-ring (bicyclic) bond motifs is 2. The van der Waals surface area contributed by atoms with Gasteiger partial charge in [-0.2, -0.15) is 4.31 Å². The lowest BCUT2D eigenvalue weighted by atomic mass is 9.70. The lowest BCUT2D eigenvalue weighted by molar-refractivity contribution is 0.0889. The third-order valence-electron chi connectivity index (χ3n) is 5.58. The van der Waals surface area contributed by atoms with Gasteiger partial charge < -0.3 is 5.11 Å². The van der Waals surface area contributed by atoms with Crippen LogP contribution in [0.2, 0.25) is 0 Å². The predicted molar refractivity (Wildman–Crippen MR) is 91.6 cm³/mol. The van der Waals surface area contributed by atoms with Crippen LogP contribution in [0.5, 0.6) is 0 Å². The van der Waals surface area contributed by atoms with Crippen molar-refractivity contribution in [2.45, 2.75) is 57.5 Å². The van der Waals surface area contributed by atoms with Crippen molar-refractivity contribution in [2.75, 3.05) is 12.4 Å². The molecule has 23 heavy (non-hydrogen) atoms. The molecule has 1 N–H and O–H groups in total. The smallest absolute Gasteiger partial charge is 0.214 e. The quantitative estimate of drug-likeness (QED) is 0.832. The molecular formula is C18H27NO3S. The van der Waals surface area contributed by atoms with E-state index in [0.29, 0.717) is 6.42 Å². The van der Waals surface area contributed by atoms with Crippen molar-refractivity contribution in [1.82, 2.24) is 4.31 Å². The topological polar surface area (TPSA) is 57.6 Å². The first-order valence-electron chi connectivity index (χ1n) is 8.68. The number of aliphatic hydroxyl groups is 1. The third kappa shape index (κ3) is 3.06. The summed E-state index contributed by atoms with van der Waals surface area (Å²) in [7, 11) is -3.21. The largest absolute Gasteiger partial charge is 0.396 e. The van der Waals surface area contributed by atoms with Gasteiger partial charge in [0.15, 0.2) is 0 Å². The molecule has 0 unspecified atom stereocenters. The molecular weight excluding hydrogens is 310 g/mol. The zero-order chi connectivity index (χ0) is 16.5. The summed E-state index contributed by atoms with van der Waals surface area (Å²) < 4.78 is 27.3. The Balaban J connectivity index is 1.85. The first-order valence-corrected chi connectivity index (χ1v) is 10.3. The molecule has 2 bridgehead atoms. The van der Waals surface area contributed by atoms with Crippen LogP contribution in [0.15, 0.2) is 30.3 Å². The van der Waals surface area contributed by atoms with Crippen molar-refractivity contribution < 1.29 is 13.5 Å². The van der Waals surface area contributed by atoms with Crippen LogP contribution >= 0.6 is 0 Å². The molecule has 0 saturated carbocycles. The van der Waals surface area contributed by atoms with E-state index in [1.165, 1.54) is 5.56 Å². The number of aliphatic hydroxyl groups excluding tert-OH is 1. The number of sulfonamides is 1. The number of nitrogens with zero attached hydrogens (tertiary/aromatic N) is 1. The minimum atomic E-state index is -3.21. The van der Waals surface area contributed by atoms with Gasteiger partial charge in [0.05, 0.1) is 12.4 Å². The summed E-state index contributed by atoms with van der Waals surface area (Å²) in [4.78, 5) is 0. The Hall–Kier alpha value is -0.910. The van der Waals surface area contributed by atoms with Crippen LogP contribution in [-0.2, 0) is 16.4 Å². The molecule has 2 fully saturated rings. The van der Waals surface area contributed by atoms with Gasteiger partial charge in [-0.1, -0.05) is 43.7 Å². The van der Waals surface area contributed by atoms with Crippen molar-refractivity contribution in [3.8, 4) is 0 Å². The van der Waals surface area contributed by atoms with Crippen molar-refractivity contribution in [3.05, 3.63) is 35.9 Å². The van der Waals surface area contributed by atoms with Gasteiger partial charge in [0.2, 0.25) is 10.0 Å². The summed E-state index contributed by atoms with van der Waals surface area (Å²) in [5, 5.41) is 10.1. The van der Waals surface area contributed by atoms with E-state index in [-0.39, 0.29) is 29.9 Å². The van der Waals surface area contributed by atoms with Gasteiger partial charge in [0.1, 0.15) is 0 Å². The summed E-state index contributed by atoms with van der Waals surface area (Å²) in [5.41, 5.74) is 0.865. The molecule has 5 heteroatoms. The normalized spacial score (nSPS) is 30.9. The summed E-state index contributed by atoms with van der Waals surface area (Å²) >= 11 is 0. The first-order chi connectivity index (χ1) is 11.0. The fraction of sp³-hybridized carbons (Fsp3) is 0.667. The maximum absolute atomic E-state index is 12.8. The zero-order valence-electron chi connectivity index (χ0n) is 13.8. The van der Waals surface area contributed by atoms with E-state index in [1.807, 2.05) is 25.1 Å². The standard InChI is InChI=1S/C18H27NO3S/c1-2-3-11-23(21,22)19-16-9-10-17(19)18(13-16,14-20)12-15-7-5-4-6-8-15/h4-8,16-17,20H,2-3,9-14H2,1H3/t16-,17+,18-/m0/s1. The molecule has 0 aromatic heterocycles. The molecule has 0 amide bonds. The van der Waals surface area contributed by atoms with Crippen molar-refractivity contribution in [3.63, 3.8) is 0 Å². The monoisotopic (exact) mass is 337 g/mol. The second-order valence-electron chi connectivity index (χ2n) is 7.13. The fourth-order valence-corrected chi connectivity index (χ4v) is 6.72. The van der Waals surface area contributed by atoms with Crippen LogP contribution in [0.25, 0.3) is 0 Å². The zero-order valence-corrected chi connectivity index (χ0v) is 14.6. The Morgan fingerprint density at radius 2 is 2.00 bits per heavy atom. The van der Waals surface area contributed by atoms with Crippen LogP contribution < -0.4 is 0 Å². The highest BCUT2D eigenvalue weighted by Crippen LogP contribution is 2.52. The van der Waals surface area contributed by atoms with Crippen LogP contribution in [0.4, 0.5) is 0 Å². The SMILES string of the molecule is CCCCS(=O)(=O)N1[C@H]2CC[C@@H]1[C@@](CO)(Cc1ccccc1)C2. The highest BCUT2D eigenvalue weighted by atomic mass is 32.2. The van der Waals surface area contributed by atoms with Crippen LogP contribution in [0.1, 0.15) is 44.6 Å². The lowest BCUT2D eigenvalue weighted by Crippen LogP contribution is -2.44. The predicted octanol–water partition coefficient (Wildman–Crippen LogP) is 2.57. The van der Waals surface area contributed by atoms with E-state index in [4.69, 9.17) is 0 Å². The maximum atomic E-state index is 12.8. The van der Waals surface area contributed by atoms with Gasteiger partial charge in [-0.25, -0.2) is 8.42 Å². The minimum absolute atomic E-state index is 0.0421. The molecule has 3 rings (SSSR count). The Morgan fingerprint density at radius 3 is 2.65 bits per heavy atom. The molecule has 3 atom stereocenters. The molecule has 1 aromatic rings. The van der Waals surface area contributed by atoms with Gasteiger partial charge in [0.25, 0.3) is 0 Å². The van der Waals surface area contributed by atoms with E-state index in [0.717, 1.165) is 32.1 Å². The van der Waals surface area contributed by atoms with Gasteiger partial charge in [-0.3, -0.25) is 0 Å². The molecule has 2 aliphatic heterocycles. The van der Waals surface area contributed by atoms with Gasteiger partial charge in [0, 0.05) is 17.5 Å². The summed E-state index contributed by atoms with van der Waals surface area (Å²) in [5.74, 6) is 0.239. The average Bonchev–Trinajstić information content (AvgIpc) is 3.11. The Bertz CT molecular complexity index is 631. The van der Waals surface area contributed by atoms with Crippen molar-refractivity contribution >= 4 is 10.0 Å². The highest BCUT2D eigenvalue weighted by Gasteiger charge is 2.58. The Labute approximate surface area is 139 Å². The molecule has 2 heterocycles. The second-order valence-corrected chi connectivity index (χ2v) is 9.13. The van der Waals surface area contributed by atoms with Gasteiger partial charge >= 0.3 is 0 Å². The fourth-order valence-electron chi connectivity index (χ4n) is 4.50. The number of hydrogen-bond acceptors (Lipinski definition) is 3. The van der Waals surface area contributed by atoms with Gasteiger partial charge in [-0.15, -0.1) is 0 Å². The number of hydrogen-bond donors (Lipinski definition) is 1. The van der Waals surface area contributed by atoms with Crippen LogP contribution in [0.3, 0.4) is 0 Å². The second kappa shape index (κ2) is 6.54. The molecule has 2 saturated heterocycles. The third-order valence-corrected chi connectivity index (χ3v) is 7.58. The molecule has 0 radical (unpaired) electrons. The Kier molecular flexibility index (Phi) is 4.81. The average molecular weight is 337 g/mol. The van der Waals surface area contributed by atoms with E-state index in [1.54, 1.807) is 4.31 Å². The highest BCUT2D eigenvalue weighted by molar-refractivity contribution is 7.89. The van der Waals surface area contributed by atoms with E-state index in [9.17, 15) is 13.5 Å². The first kappa shape index (κ1) is 16.9. The van der Waals surface area contributed by atoms with Crippen molar-refractivity contribution in [2.24, 2.45) is 5.41 Å². The van der Waals surface area contributed by atoms with Gasteiger partial charge in [-0.05, 0) is 37.7 Å². The van der Waals surface area contributed by atoms with Crippen LogP contribution in [-0.4, -0.2) is 42.3 Å². The number of unbranched alkanes of at least 4 members (excludes halogenated alkanes) is 1. The molecule has 1 aromatic carbocycles. The van der Waals surface area contributed by atoms with Crippen molar-refractivity contribution in [1.29, 1.82) is 0 Å². The number of rotatable bonds is 7. The van der Waals surface area contributed by atoms with Crippen LogP contribution in [0, 0.1) is 5.41 Å². The summed E-state index contributed by atoms with van der Waals surface area (Å²) in [6, 6.07) is 10.2. The number of benzene rings is 1. The van der Waals surface area contributed by atoms with E-state index in [2.05, 4.69) is 12.1 Å². The summed E-state index contributed by atoms with van der Waals surface area (Å²) in [6.45, 7) is 2.07. The van der Waals surface area contributed by atoms with E-state index >= 15 is 0 Å². The lowest BCUT2D eigenvalue weighted by Gasteiger charge is -2.36. The minimum Gasteiger partial charge on any atom is -0.396 e. The molecule has 4 nitrogen and oxygen atoms in total. The molecule has 128 valence electrons. The summed E-state index contributed by atoms with van der Waals surface area (Å²) in [6.07, 6.45) is 4.95. The molecule has 2 aliphatic rings. The molecule has 0 aliphatic carbocycles. The van der Waals surface area contributed by atoms with E-state index < -0.39 is 10.0 Å². The molecule has 0 spiro atoms.